The molecule has 1 saturated heterocycles. The third-order valence-electron chi connectivity index (χ3n) is 6.93. The molecule has 1 aliphatic carbocycles. The summed E-state index contributed by atoms with van der Waals surface area (Å²) >= 11 is 0. The Morgan fingerprint density at radius 1 is 1.00 bits per heavy atom. The van der Waals surface area contributed by atoms with E-state index < -0.39 is 0 Å². The first-order valence-corrected chi connectivity index (χ1v) is 12.4. The molecule has 8 heteroatoms. The second kappa shape index (κ2) is 10.0. The zero-order valence-corrected chi connectivity index (χ0v) is 19.4. The Labute approximate surface area is 195 Å². The van der Waals surface area contributed by atoms with Crippen LogP contribution in [0.3, 0.4) is 0 Å². The van der Waals surface area contributed by atoms with Crippen LogP contribution in [-0.4, -0.2) is 59.6 Å². The van der Waals surface area contributed by atoms with Crippen molar-refractivity contribution in [2.45, 2.75) is 76.4 Å². The predicted octanol–water partition coefficient (Wildman–Crippen LogP) is 3.35. The monoisotopic (exact) mass is 450 g/mol. The Balaban J connectivity index is 1.41. The van der Waals surface area contributed by atoms with Gasteiger partial charge in [-0.1, -0.05) is 24.5 Å². The summed E-state index contributed by atoms with van der Waals surface area (Å²) in [5.74, 6) is 1.88. The highest BCUT2D eigenvalue weighted by Crippen LogP contribution is 2.27. The number of amidine groups is 1. The van der Waals surface area contributed by atoms with E-state index in [9.17, 15) is 4.79 Å². The molecule has 1 aromatic heterocycles. The maximum Gasteiger partial charge on any atom is 0.289 e. The Bertz CT molecular complexity index is 1030. The number of carbonyl (C=O) groups excluding carboxylic acids is 1. The van der Waals surface area contributed by atoms with Crippen molar-refractivity contribution in [2.75, 3.05) is 25.1 Å². The minimum Gasteiger partial charge on any atom is -0.381 e. The summed E-state index contributed by atoms with van der Waals surface area (Å²) in [4.78, 5) is 27.0. The van der Waals surface area contributed by atoms with E-state index in [-0.39, 0.29) is 23.8 Å². The van der Waals surface area contributed by atoms with E-state index in [0.29, 0.717) is 19.3 Å². The number of amides is 1. The van der Waals surface area contributed by atoms with Crippen molar-refractivity contribution in [3.8, 4) is 0 Å². The number of carbonyl (C=O) groups is 1. The van der Waals surface area contributed by atoms with E-state index in [1.54, 1.807) is 0 Å². The third kappa shape index (κ3) is 5.27. The van der Waals surface area contributed by atoms with Crippen LogP contribution < -0.4 is 16.0 Å². The fourth-order valence-corrected chi connectivity index (χ4v) is 5.07. The highest BCUT2D eigenvalue weighted by Gasteiger charge is 2.28. The normalized spacial score (nSPS) is 23.8. The Kier molecular flexibility index (Phi) is 6.71. The van der Waals surface area contributed by atoms with Crippen LogP contribution in [0.2, 0.25) is 0 Å². The summed E-state index contributed by atoms with van der Waals surface area (Å²) in [6.45, 7) is 4.35. The molecule has 2 aliphatic heterocycles. The molecular formula is C25H34N6O2. The van der Waals surface area contributed by atoms with Gasteiger partial charge in [0.15, 0.2) is 0 Å². The fraction of sp³-hybridized carbons (Fsp3) is 0.600. The molecule has 0 radical (unpaired) electrons. The lowest BCUT2D eigenvalue weighted by atomic mass is 9.90. The molecule has 0 bridgehead atoms. The number of nitrogens with zero attached hydrogens (tertiary/aromatic N) is 3. The summed E-state index contributed by atoms with van der Waals surface area (Å²) in [5.41, 5.74) is 1.93. The van der Waals surface area contributed by atoms with Crippen molar-refractivity contribution in [2.24, 2.45) is 4.99 Å². The first kappa shape index (κ1) is 22.1. The van der Waals surface area contributed by atoms with Gasteiger partial charge < -0.3 is 20.7 Å². The highest BCUT2D eigenvalue weighted by molar-refractivity contribution is 5.97. The molecule has 2 fully saturated rings. The minimum atomic E-state index is -0.217. The summed E-state index contributed by atoms with van der Waals surface area (Å²) in [5, 5.41) is 11.5. The van der Waals surface area contributed by atoms with E-state index in [1.165, 1.54) is 12.8 Å². The van der Waals surface area contributed by atoms with Gasteiger partial charge in [-0.3, -0.25) is 9.79 Å². The van der Waals surface area contributed by atoms with E-state index in [2.05, 4.69) is 38.9 Å². The largest absolute Gasteiger partial charge is 0.381 e. The quantitative estimate of drug-likeness (QED) is 0.646. The summed E-state index contributed by atoms with van der Waals surface area (Å²) < 4.78 is 5.41. The van der Waals surface area contributed by atoms with Gasteiger partial charge in [0, 0.05) is 49.7 Å². The average molecular weight is 451 g/mol. The van der Waals surface area contributed by atoms with Crippen LogP contribution in [0.25, 0.3) is 10.9 Å². The van der Waals surface area contributed by atoms with Crippen LogP contribution in [0.15, 0.2) is 23.2 Å². The van der Waals surface area contributed by atoms with Crippen LogP contribution in [0.1, 0.15) is 67.5 Å². The average Bonchev–Trinajstić information content (AvgIpc) is 3.34. The van der Waals surface area contributed by atoms with E-state index >= 15 is 0 Å². The number of aryl methyl sites for hydroxylation is 1. The minimum absolute atomic E-state index is 0.110. The zero-order chi connectivity index (χ0) is 22.6. The SMILES string of the molecule is Cc1ccc2nc(C(=O)NC3CCOCC3)nc(N[C@H]3CCCC[C@H]3NC3=NCCC3)c2c1. The van der Waals surface area contributed by atoms with Gasteiger partial charge in [0.05, 0.1) is 11.4 Å². The van der Waals surface area contributed by atoms with Gasteiger partial charge in [0.25, 0.3) is 5.91 Å². The molecule has 176 valence electrons. The van der Waals surface area contributed by atoms with Gasteiger partial charge in [-0.2, -0.15) is 0 Å². The van der Waals surface area contributed by atoms with Crippen molar-refractivity contribution >= 4 is 28.5 Å². The van der Waals surface area contributed by atoms with Gasteiger partial charge in [0.2, 0.25) is 5.82 Å². The van der Waals surface area contributed by atoms with Crippen LogP contribution in [0.5, 0.6) is 0 Å². The second-order valence-electron chi connectivity index (χ2n) is 9.49. The topological polar surface area (TPSA) is 101 Å². The molecule has 2 aromatic rings. The maximum absolute atomic E-state index is 13.0. The molecule has 3 aliphatic rings. The molecular weight excluding hydrogens is 416 g/mol. The Morgan fingerprint density at radius 3 is 2.55 bits per heavy atom. The number of anilines is 1. The van der Waals surface area contributed by atoms with Crippen molar-refractivity contribution in [1.82, 2.24) is 20.6 Å². The van der Waals surface area contributed by atoms with Gasteiger partial charge in [-0.05, 0) is 51.2 Å². The van der Waals surface area contributed by atoms with Crippen LogP contribution in [0, 0.1) is 6.92 Å². The number of rotatable bonds is 5. The maximum atomic E-state index is 13.0. The van der Waals surface area contributed by atoms with Gasteiger partial charge in [0.1, 0.15) is 5.82 Å². The molecule has 0 spiro atoms. The third-order valence-corrected chi connectivity index (χ3v) is 6.93. The molecule has 0 unspecified atom stereocenters. The second-order valence-corrected chi connectivity index (χ2v) is 9.49. The number of aliphatic imine (C=N–C) groups is 1. The predicted molar refractivity (Wildman–Crippen MR) is 130 cm³/mol. The molecule has 33 heavy (non-hydrogen) atoms. The zero-order valence-electron chi connectivity index (χ0n) is 19.4. The number of hydrogen-bond acceptors (Lipinski definition) is 7. The van der Waals surface area contributed by atoms with Crippen molar-refractivity contribution < 1.29 is 9.53 Å². The lowest BCUT2D eigenvalue weighted by molar-refractivity contribution is 0.0692. The standard InChI is InChI=1S/C25H34N6O2/c1-16-8-9-19-18(15-16)23(31-24(29-19)25(32)27-17-10-13-33-14-11-17)30-21-6-3-2-5-20(21)28-22-7-4-12-26-22/h8-9,15,17,20-21H,2-7,10-14H2,1H3,(H,26,28)(H,27,32)(H,29,30,31)/t20-,21+/m1/s1. The molecule has 2 atom stereocenters. The van der Waals surface area contributed by atoms with Crippen LogP contribution >= 0.6 is 0 Å². The first-order valence-electron chi connectivity index (χ1n) is 12.4. The summed E-state index contributed by atoms with van der Waals surface area (Å²) in [7, 11) is 0. The summed E-state index contributed by atoms with van der Waals surface area (Å²) in [6, 6.07) is 6.76. The lowest BCUT2D eigenvalue weighted by Crippen LogP contribution is -2.48. The molecule has 5 rings (SSSR count). The number of ether oxygens (including phenoxy) is 1. The fourth-order valence-electron chi connectivity index (χ4n) is 5.07. The lowest BCUT2D eigenvalue weighted by Gasteiger charge is -2.34. The number of aromatic nitrogens is 2. The van der Waals surface area contributed by atoms with E-state index in [4.69, 9.17) is 9.72 Å². The Hall–Kier alpha value is -2.74. The van der Waals surface area contributed by atoms with Gasteiger partial charge in [-0.25, -0.2) is 9.97 Å². The Morgan fingerprint density at radius 2 is 1.79 bits per heavy atom. The molecule has 8 nitrogen and oxygen atoms in total. The number of benzene rings is 1. The van der Waals surface area contributed by atoms with Crippen molar-refractivity contribution in [3.05, 3.63) is 29.6 Å². The van der Waals surface area contributed by atoms with Crippen molar-refractivity contribution in [3.63, 3.8) is 0 Å². The molecule has 3 heterocycles. The van der Waals surface area contributed by atoms with Crippen LogP contribution in [-0.2, 0) is 4.74 Å². The van der Waals surface area contributed by atoms with Gasteiger partial charge >= 0.3 is 0 Å². The van der Waals surface area contributed by atoms with E-state index in [1.807, 2.05) is 12.1 Å². The van der Waals surface area contributed by atoms with Crippen molar-refractivity contribution in [1.29, 1.82) is 0 Å². The highest BCUT2D eigenvalue weighted by atomic mass is 16.5. The van der Waals surface area contributed by atoms with Gasteiger partial charge in [-0.15, -0.1) is 0 Å². The summed E-state index contributed by atoms with van der Waals surface area (Å²) in [6.07, 6.45) is 8.38. The molecule has 1 amide bonds. The number of hydrogen-bond donors (Lipinski definition) is 3. The smallest absolute Gasteiger partial charge is 0.289 e. The first-order chi connectivity index (χ1) is 16.2. The molecule has 1 aromatic carbocycles. The van der Waals surface area contributed by atoms with Crippen LogP contribution in [0.4, 0.5) is 5.82 Å². The van der Waals surface area contributed by atoms with E-state index in [0.717, 1.165) is 73.2 Å². The number of nitrogens with one attached hydrogen (secondary N) is 3. The molecule has 3 N–H and O–H groups in total. The molecule has 1 saturated carbocycles. The number of fused-ring (bicyclic) bond motifs is 1.